The Kier molecular flexibility index (Phi) is 23.3. The fraction of sp³-hybridized carbons (Fsp3) is 0.0769. The van der Waals surface area contributed by atoms with E-state index in [9.17, 15) is 0 Å². The maximum atomic E-state index is 6.65. The van der Waals surface area contributed by atoms with E-state index in [1.165, 1.54) is 50.1 Å². The van der Waals surface area contributed by atoms with Gasteiger partial charge in [-0.2, -0.15) is 0 Å². The van der Waals surface area contributed by atoms with Crippen molar-refractivity contribution in [3.63, 3.8) is 0 Å². The third kappa shape index (κ3) is 17.6. The number of halogens is 2. The van der Waals surface area contributed by atoms with Gasteiger partial charge in [0.15, 0.2) is 0 Å². The van der Waals surface area contributed by atoms with E-state index in [0.717, 1.165) is 154 Å². The summed E-state index contributed by atoms with van der Waals surface area (Å²) >= 11 is 7.10. The summed E-state index contributed by atoms with van der Waals surface area (Å²) in [5.74, 6) is 0. The van der Waals surface area contributed by atoms with Crippen molar-refractivity contribution in [3.8, 4) is 77.9 Å². The lowest BCUT2D eigenvalue weighted by Crippen LogP contribution is -2.41. The summed E-state index contributed by atoms with van der Waals surface area (Å²) < 4.78 is 27.3. The molecule has 1 fully saturated rings. The van der Waals surface area contributed by atoms with Crippen LogP contribution in [-0.4, -0.2) is 18.3 Å². The van der Waals surface area contributed by atoms with Crippen molar-refractivity contribution in [2.75, 3.05) is 14.7 Å². The van der Waals surface area contributed by atoms with Gasteiger partial charge >= 0.3 is 7.12 Å². The number of rotatable bonds is 17. The zero-order valence-electron chi connectivity index (χ0n) is 71.8. The smallest absolute Gasteiger partial charge is 0.455 e. The van der Waals surface area contributed by atoms with Crippen LogP contribution >= 0.6 is 31.9 Å². The van der Waals surface area contributed by atoms with Crippen LogP contribution in [0.1, 0.15) is 44.4 Å². The van der Waals surface area contributed by atoms with Gasteiger partial charge in [-0.3, -0.25) is 0 Å². The average Bonchev–Trinajstić information content (AvgIpc) is 1.71. The maximum Gasteiger partial charge on any atom is 0.494 e. The molecule has 0 aliphatic carbocycles. The number of furan rings is 2. The van der Waals surface area contributed by atoms with Gasteiger partial charge in [-0.15, -0.1) is 0 Å². The van der Waals surface area contributed by atoms with E-state index in [2.05, 4.69) is 489 Å². The number of anilines is 9. The molecule has 2 aromatic heterocycles. The minimum atomic E-state index is -0.368. The zero-order chi connectivity index (χ0) is 86.7. The second-order valence-corrected chi connectivity index (χ2v) is 35.4. The predicted molar refractivity (Wildman–Crippen MR) is 541 cm³/mol. The van der Waals surface area contributed by atoms with Crippen molar-refractivity contribution in [2.45, 2.75) is 59.7 Å². The minimum Gasteiger partial charge on any atom is -0.455 e. The molecule has 0 N–H and O–H groups in total. The van der Waals surface area contributed by atoms with Crippen LogP contribution in [0.25, 0.3) is 122 Å². The number of benzene rings is 18. The van der Waals surface area contributed by atoms with E-state index in [0.29, 0.717) is 0 Å². The van der Waals surface area contributed by atoms with E-state index in [1.807, 2.05) is 36.4 Å². The van der Waals surface area contributed by atoms with Crippen molar-refractivity contribution in [1.29, 1.82) is 0 Å². The Morgan fingerprint density at radius 1 is 0.220 bits per heavy atom. The van der Waals surface area contributed by atoms with Crippen LogP contribution in [0.4, 0.5) is 51.2 Å². The lowest BCUT2D eigenvalue weighted by molar-refractivity contribution is 0.00578. The molecular weight excluding hydrogens is 1680 g/mol. The topological polar surface area (TPSA) is 54.5 Å². The first kappa shape index (κ1) is 82.5. The van der Waals surface area contributed by atoms with Gasteiger partial charge in [0.1, 0.15) is 22.3 Å². The predicted octanol–water partition coefficient (Wildman–Crippen LogP) is 33.7. The molecule has 1 aliphatic rings. The van der Waals surface area contributed by atoms with E-state index in [1.54, 1.807) is 0 Å². The van der Waals surface area contributed by atoms with Crippen LogP contribution in [0.5, 0.6) is 0 Å². The fourth-order valence-corrected chi connectivity index (χ4v) is 18.2. The van der Waals surface area contributed by atoms with Gasteiger partial charge in [-0.1, -0.05) is 322 Å². The monoisotopic (exact) mass is 1770 g/mol. The molecule has 0 spiro atoms. The second-order valence-electron chi connectivity index (χ2n) is 33.5. The molecule has 0 unspecified atom stereocenters. The van der Waals surface area contributed by atoms with Crippen molar-refractivity contribution in [3.05, 3.63) is 456 Å². The first-order chi connectivity index (χ1) is 61.9. The Morgan fingerprint density at radius 2 is 0.465 bits per heavy atom. The van der Waals surface area contributed by atoms with Gasteiger partial charge < -0.3 is 32.8 Å². The number of para-hydroxylation sites is 4. The molecule has 0 amide bonds. The number of fused-ring (bicyclic) bond motifs is 6. The number of aryl methyl sites for hydroxylation is 3. The molecule has 616 valence electrons. The van der Waals surface area contributed by atoms with Crippen LogP contribution in [0.3, 0.4) is 0 Å². The lowest BCUT2D eigenvalue weighted by Gasteiger charge is -2.32. The summed E-state index contributed by atoms with van der Waals surface area (Å²) in [6.45, 7) is 14.7. The SMILES string of the molecule is Brc1cc(Br)cc(-c2cccc3c2oc2ccccc23)c1.Cc1ccc(N(c2ccc(-c3ccccc3)cc2)c2ccc(-c3cc(-c4ccc(N(c5ccc(C)cc5)c5ccc(-c6ccccc6)cc5)cc4)cc(-c4cccc5c4oc4ccccc45)c3)cc2)cc1.Cc1ccc(N(c2ccc(B3OC(C)(C)C(C)(C)O3)cc2)c2ccc(-c3ccccc3)cc2)cc1. The maximum absolute atomic E-state index is 6.65. The molecule has 3 heterocycles. The van der Waals surface area contributed by atoms with Gasteiger partial charge in [-0.05, 0) is 278 Å². The van der Waals surface area contributed by atoms with Crippen LogP contribution in [-0.2, 0) is 9.31 Å². The van der Waals surface area contributed by atoms with Gasteiger partial charge in [0.05, 0.1) is 11.2 Å². The van der Waals surface area contributed by atoms with Gasteiger partial charge in [0.2, 0.25) is 0 Å². The number of hydrogen-bond donors (Lipinski definition) is 0. The Bertz CT molecular complexity index is 7020. The zero-order valence-corrected chi connectivity index (χ0v) is 75.0. The molecule has 0 radical (unpaired) electrons. The van der Waals surface area contributed by atoms with Crippen LogP contribution < -0.4 is 20.2 Å². The standard InChI is InChI=1S/C68H50N2O.C31H32BNO2.C18H10Br2O/c1-47-20-32-58(33-21-47)69(60-36-24-51(25-37-60)49-12-5-3-6-13-49)62-40-28-53(29-41-62)55-44-56(46-57(45-55)64-17-11-18-66-65-16-9-10-19-67(65)71-68(64)66)54-30-42-63(43-31-54)70(59-34-22-48(2)23-35-59)61-38-26-52(27-39-61)50-14-7-4-8-15-50;1-23-11-17-27(18-12-23)33(28-19-13-25(14-20-28)24-9-7-6-8-10-24)29-21-15-26(16-22-29)32-34-30(2,3)31(4,5)35-32;19-12-8-11(9-13(20)10-12)14-5-3-6-16-15-4-1-2-7-17(15)21-18(14)16/h3-46H,1-2H3;6-22H,1-5H3;1-10H. The third-order valence-corrected chi connectivity index (χ3v) is 25.3. The Hall–Kier alpha value is -14.1. The molecule has 1 saturated heterocycles. The quantitative estimate of drug-likeness (QED) is 0.0842. The summed E-state index contributed by atoms with van der Waals surface area (Å²) in [7, 11) is -0.368. The number of hydrogen-bond acceptors (Lipinski definition) is 7. The Labute approximate surface area is 760 Å². The highest BCUT2D eigenvalue weighted by Crippen LogP contribution is 2.46. The van der Waals surface area contributed by atoms with E-state index in [4.69, 9.17) is 18.1 Å². The summed E-state index contributed by atoms with van der Waals surface area (Å²) in [6.07, 6.45) is 0. The number of nitrogens with zero attached hydrogens (tertiary/aromatic N) is 3. The minimum absolute atomic E-state index is 0.356. The molecule has 0 saturated carbocycles. The lowest BCUT2D eigenvalue weighted by atomic mass is 9.79. The third-order valence-electron chi connectivity index (χ3n) is 24.4. The largest absolute Gasteiger partial charge is 0.494 e. The van der Waals surface area contributed by atoms with Gasteiger partial charge in [-0.25, -0.2) is 0 Å². The molecule has 18 aromatic carbocycles. The van der Waals surface area contributed by atoms with E-state index < -0.39 is 0 Å². The molecule has 127 heavy (non-hydrogen) atoms. The Balaban J connectivity index is 0.000000153. The molecule has 20 aromatic rings. The van der Waals surface area contributed by atoms with E-state index >= 15 is 0 Å². The molecule has 10 heteroatoms. The normalized spacial score (nSPS) is 12.7. The fourth-order valence-electron chi connectivity index (χ4n) is 16.9. The highest BCUT2D eigenvalue weighted by Gasteiger charge is 2.51. The van der Waals surface area contributed by atoms with Crippen LogP contribution in [0.2, 0.25) is 0 Å². The molecule has 21 rings (SSSR count). The van der Waals surface area contributed by atoms with Crippen molar-refractivity contribution < 1.29 is 18.1 Å². The van der Waals surface area contributed by atoms with Crippen LogP contribution in [0.15, 0.2) is 448 Å². The summed E-state index contributed by atoms with van der Waals surface area (Å²) in [4.78, 5) is 6.95. The first-order valence-corrected chi connectivity index (χ1v) is 44.7. The van der Waals surface area contributed by atoms with Crippen LogP contribution in [0, 0.1) is 20.8 Å². The molecule has 7 nitrogen and oxygen atoms in total. The molecule has 1 aliphatic heterocycles. The Morgan fingerprint density at radius 3 is 0.780 bits per heavy atom. The molecule has 0 bridgehead atoms. The molecular formula is C117H92BBr2N3O4. The summed E-state index contributed by atoms with van der Waals surface area (Å²) in [5.41, 5.74) is 33.6. The van der Waals surface area contributed by atoms with Gasteiger partial charge in [0, 0.05) is 92.8 Å². The highest BCUT2D eigenvalue weighted by atomic mass is 79.9. The summed E-state index contributed by atoms with van der Waals surface area (Å²) in [6, 6.07) is 153. The van der Waals surface area contributed by atoms with Crippen molar-refractivity contribution >= 4 is 140 Å². The van der Waals surface area contributed by atoms with Crippen molar-refractivity contribution in [1.82, 2.24) is 0 Å². The van der Waals surface area contributed by atoms with E-state index in [-0.39, 0.29) is 18.3 Å². The summed E-state index contributed by atoms with van der Waals surface area (Å²) in [5, 5.41) is 4.54. The van der Waals surface area contributed by atoms with Crippen molar-refractivity contribution in [2.24, 2.45) is 0 Å². The average molecular weight is 1770 g/mol. The second kappa shape index (κ2) is 35.9. The molecule has 0 atom stereocenters. The first-order valence-electron chi connectivity index (χ1n) is 43.1. The van der Waals surface area contributed by atoms with Gasteiger partial charge in [0.25, 0.3) is 0 Å². The highest BCUT2D eigenvalue weighted by molar-refractivity contribution is 9.11.